The van der Waals surface area contributed by atoms with Crippen LogP contribution in [0.3, 0.4) is 0 Å². The lowest BCUT2D eigenvalue weighted by Gasteiger charge is -2.09. The summed E-state index contributed by atoms with van der Waals surface area (Å²) in [6, 6.07) is 13.8. The minimum absolute atomic E-state index is 0.168. The normalized spacial score (nSPS) is 12.1. The lowest BCUT2D eigenvalue weighted by molar-refractivity contribution is 0.414. The van der Waals surface area contributed by atoms with E-state index in [0.29, 0.717) is 11.6 Å². The Morgan fingerprint density at radius 3 is 2.77 bits per heavy atom. The number of hydrogen-bond donors (Lipinski definition) is 3. The Labute approximate surface area is 127 Å². The van der Waals surface area contributed by atoms with Crippen LogP contribution < -0.4 is 10.5 Å². The highest BCUT2D eigenvalue weighted by atomic mass is 16.5. The largest absolute Gasteiger partial charge is 0.508 e. The number of H-pyrrole nitrogens is 1. The van der Waals surface area contributed by atoms with E-state index in [-0.39, 0.29) is 5.75 Å². The summed E-state index contributed by atoms with van der Waals surface area (Å²) in [5, 5.41) is 16.5. The molecule has 0 aliphatic heterocycles. The number of hydrogen-bond acceptors (Lipinski definition) is 5. The van der Waals surface area contributed by atoms with Crippen molar-refractivity contribution in [2.24, 2.45) is 5.73 Å². The van der Waals surface area contributed by atoms with E-state index >= 15 is 0 Å². The van der Waals surface area contributed by atoms with Gasteiger partial charge in [0, 0.05) is 5.56 Å². The summed E-state index contributed by atoms with van der Waals surface area (Å²) in [6.45, 7) is 0. The number of aromatic amines is 1. The molecule has 6 heteroatoms. The van der Waals surface area contributed by atoms with E-state index in [1.54, 1.807) is 25.3 Å². The fraction of sp³-hybridized carbons (Fsp3) is 0.125. The second-order valence-corrected chi connectivity index (χ2v) is 4.85. The molecule has 0 saturated heterocycles. The predicted octanol–water partition coefficient (Wildman–Crippen LogP) is 2.23. The summed E-state index contributed by atoms with van der Waals surface area (Å²) < 4.78 is 5.20. The number of phenolic OH excluding ortho intramolecular Hbond substituents is 1. The maximum absolute atomic E-state index is 9.52. The van der Waals surface area contributed by atoms with E-state index in [0.717, 1.165) is 16.9 Å². The van der Waals surface area contributed by atoms with Gasteiger partial charge in [-0.1, -0.05) is 24.3 Å². The van der Waals surface area contributed by atoms with Crippen molar-refractivity contribution in [1.82, 2.24) is 15.2 Å². The highest BCUT2D eigenvalue weighted by Gasteiger charge is 2.15. The molecular weight excluding hydrogens is 280 g/mol. The summed E-state index contributed by atoms with van der Waals surface area (Å²) in [4.78, 5) is 4.41. The number of aromatic nitrogens is 3. The van der Waals surface area contributed by atoms with Crippen LogP contribution in [0.4, 0.5) is 0 Å². The molecule has 2 aromatic carbocycles. The van der Waals surface area contributed by atoms with Crippen LogP contribution >= 0.6 is 0 Å². The van der Waals surface area contributed by atoms with Gasteiger partial charge in [-0.25, -0.2) is 4.98 Å². The highest BCUT2D eigenvalue weighted by molar-refractivity contribution is 5.57. The molecule has 0 unspecified atom stereocenters. The van der Waals surface area contributed by atoms with Crippen molar-refractivity contribution in [3.8, 4) is 22.9 Å². The molecule has 112 valence electrons. The van der Waals surface area contributed by atoms with E-state index in [4.69, 9.17) is 10.5 Å². The standard InChI is InChI=1S/C16H16N4O2/c1-22-13-7-3-4-10(9-13)14(17)16-18-15(19-20-16)11-5-2-6-12(21)8-11/h2-9,14,21H,17H2,1H3,(H,18,19,20)/t14-/m0/s1. The van der Waals surface area contributed by atoms with E-state index in [1.807, 2.05) is 30.3 Å². The summed E-state index contributed by atoms with van der Waals surface area (Å²) in [5.41, 5.74) is 7.82. The molecule has 6 nitrogen and oxygen atoms in total. The molecule has 0 fully saturated rings. The van der Waals surface area contributed by atoms with Gasteiger partial charge in [-0.15, -0.1) is 0 Å². The minimum atomic E-state index is -0.436. The van der Waals surface area contributed by atoms with Gasteiger partial charge >= 0.3 is 0 Å². The maximum atomic E-state index is 9.52. The molecule has 4 N–H and O–H groups in total. The Morgan fingerprint density at radius 1 is 1.18 bits per heavy atom. The summed E-state index contributed by atoms with van der Waals surface area (Å²) in [7, 11) is 1.61. The Bertz CT molecular complexity index is 785. The highest BCUT2D eigenvalue weighted by Crippen LogP contribution is 2.24. The van der Waals surface area contributed by atoms with Crippen molar-refractivity contribution in [2.75, 3.05) is 7.11 Å². The lowest BCUT2D eigenvalue weighted by Crippen LogP contribution is -2.13. The molecule has 0 radical (unpaired) electrons. The number of aromatic hydroxyl groups is 1. The molecule has 0 aliphatic rings. The number of methoxy groups -OCH3 is 1. The number of rotatable bonds is 4. The predicted molar refractivity (Wildman–Crippen MR) is 82.5 cm³/mol. The first kappa shape index (κ1) is 14.1. The Kier molecular flexibility index (Phi) is 3.76. The average Bonchev–Trinajstić information content (AvgIpc) is 3.04. The van der Waals surface area contributed by atoms with Crippen molar-refractivity contribution >= 4 is 0 Å². The van der Waals surface area contributed by atoms with Crippen LogP contribution in [0.1, 0.15) is 17.4 Å². The molecular formula is C16H16N4O2. The average molecular weight is 296 g/mol. The SMILES string of the molecule is COc1cccc([C@H](N)c2nc(-c3cccc(O)c3)n[nH]2)c1. The Hall–Kier alpha value is -2.86. The number of nitrogens with one attached hydrogen (secondary N) is 1. The van der Waals surface area contributed by atoms with Gasteiger partial charge in [-0.2, -0.15) is 5.10 Å². The molecule has 0 spiro atoms. The monoisotopic (exact) mass is 296 g/mol. The third kappa shape index (κ3) is 2.77. The molecule has 1 atom stereocenters. The van der Waals surface area contributed by atoms with E-state index in [2.05, 4.69) is 15.2 Å². The van der Waals surface area contributed by atoms with Crippen LogP contribution in [-0.4, -0.2) is 27.4 Å². The van der Waals surface area contributed by atoms with Crippen molar-refractivity contribution in [1.29, 1.82) is 0 Å². The molecule has 0 amide bonds. The summed E-state index contributed by atoms with van der Waals surface area (Å²) in [6.07, 6.45) is 0. The molecule has 0 bridgehead atoms. The van der Waals surface area contributed by atoms with Crippen LogP contribution in [0.15, 0.2) is 48.5 Å². The van der Waals surface area contributed by atoms with E-state index in [9.17, 15) is 5.11 Å². The second kappa shape index (κ2) is 5.87. The van der Waals surface area contributed by atoms with Gasteiger partial charge in [0.05, 0.1) is 13.2 Å². The molecule has 0 aliphatic carbocycles. The zero-order valence-corrected chi connectivity index (χ0v) is 12.0. The number of ether oxygens (including phenoxy) is 1. The van der Waals surface area contributed by atoms with Crippen LogP contribution in [-0.2, 0) is 0 Å². The van der Waals surface area contributed by atoms with Gasteiger partial charge < -0.3 is 15.6 Å². The third-order valence-corrected chi connectivity index (χ3v) is 3.35. The van der Waals surface area contributed by atoms with Gasteiger partial charge in [0.2, 0.25) is 0 Å². The van der Waals surface area contributed by atoms with Crippen molar-refractivity contribution < 1.29 is 9.84 Å². The summed E-state index contributed by atoms with van der Waals surface area (Å²) in [5.74, 6) is 1.94. The number of phenols is 1. The minimum Gasteiger partial charge on any atom is -0.508 e. The molecule has 0 saturated carbocycles. The van der Waals surface area contributed by atoms with E-state index in [1.165, 1.54) is 0 Å². The smallest absolute Gasteiger partial charge is 0.181 e. The molecule has 22 heavy (non-hydrogen) atoms. The van der Waals surface area contributed by atoms with E-state index < -0.39 is 6.04 Å². The second-order valence-electron chi connectivity index (χ2n) is 4.85. The number of benzene rings is 2. The first-order valence-electron chi connectivity index (χ1n) is 6.78. The van der Waals surface area contributed by atoms with Gasteiger partial charge in [-0.05, 0) is 29.8 Å². The zero-order chi connectivity index (χ0) is 15.5. The third-order valence-electron chi connectivity index (χ3n) is 3.35. The fourth-order valence-electron chi connectivity index (χ4n) is 2.18. The van der Waals surface area contributed by atoms with Crippen molar-refractivity contribution in [3.63, 3.8) is 0 Å². The molecule has 3 aromatic rings. The lowest BCUT2D eigenvalue weighted by atomic mass is 10.1. The van der Waals surface area contributed by atoms with Crippen LogP contribution in [0, 0.1) is 0 Å². The van der Waals surface area contributed by atoms with Crippen LogP contribution in [0.2, 0.25) is 0 Å². The van der Waals surface area contributed by atoms with Gasteiger partial charge in [0.25, 0.3) is 0 Å². The fourth-order valence-corrected chi connectivity index (χ4v) is 2.18. The topological polar surface area (TPSA) is 97.1 Å². The van der Waals surface area contributed by atoms with Crippen LogP contribution in [0.5, 0.6) is 11.5 Å². The quantitative estimate of drug-likeness (QED) is 0.686. The molecule has 1 aromatic heterocycles. The Morgan fingerprint density at radius 2 is 2.00 bits per heavy atom. The first-order valence-corrected chi connectivity index (χ1v) is 6.78. The van der Waals surface area contributed by atoms with Gasteiger partial charge in [0.15, 0.2) is 5.82 Å². The zero-order valence-electron chi connectivity index (χ0n) is 12.0. The first-order chi connectivity index (χ1) is 10.7. The molecule has 3 rings (SSSR count). The van der Waals surface area contributed by atoms with Gasteiger partial charge in [-0.3, -0.25) is 5.10 Å². The number of nitrogens with zero attached hydrogens (tertiary/aromatic N) is 2. The van der Waals surface area contributed by atoms with Crippen molar-refractivity contribution in [3.05, 3.63) is 59.9 Å². The summed E-state index contributed by atoms with van der Waals surface area (Å²) >= 11 is 0. The maximum Gasteiger partial charge on any atom is 0.181 e. The van der Waals surface area contributed by atoms with Gasteiger partial charge in [0.1, 0.15) is 17.3 Å². The van der Waals surface area contributed by atoms with Crippen molar-refractivity contribution in [2.45, 2.75) is 6.04 Å². The number of nitrogens with two attached hydrogens (primary N) is 1. The Balaban J connectivity index is 1.89. The van der Waals surface area contributed by atoms with Crippen LogP contribution in [0.25, 0.3) is 11.4 Å². The molecule has 1 heterocycles.